The number of aryl methyl sites for hydroxylation is 3. The number of ether oxygens (including phenoxy) is 1. The molecule has 64 heavy (non-hydrogen) atoms. The SMILES string of the molecule is Cc1nn(C)c(C)c1-c1c(Cl)ccc2c(CCCOc3cccc4cc(F)ccc34)c(C(=O)O)n(CCN3CCC(Nc4cccc5c4C(=O)N(C4CCC(=O)NC4=O)C5=O)CC3)c12. The van der Waals surface area contributed by atoms with E-state index < -0.39 is 35.6 Å². The molecule has 1 unspecified atom stereocenters. The van der Waals surface area contributed by atoms with Gasteiger partial charge in [-0.15, -0.1) is 0 Å². The minimum absolute atomic E-state index is 0.0249. The third-order valence-electron chi connectivity index (χ3n) is 12.9. The van der Waals surface area contributed by atoms with Gasteiger partial charge in [-0.1, -0.05) is 35.9 Å². The molecule has 6 aromatic rings. The van der Waals surface area contributed by atoms with Crippen LogP contribution in [0.4, 0.5) is 10.1 Å². The Balaban J connectivity index is 0.944. The van der Waals surface area contributed by atoms with Crippen LogP contribution in [0.3, 0.4) is 0 Å². The number of anilines is 1. The first-order valence-corrected chi connectivity index (χ1v) is 21.9. The quantitative estimate of drug-likeness (QED) is 0.0792. The largest absolute Gasteiger partial charge is 0.493 e. The van der Waals surface area contributed by atoms with E-state index in [1.807, 2.05) is 55.8 Å². The Bertz CT molecular complexity index is 2920. The zero-order valence-corrected chi connectivity index (χ0v) is 36.4. The summed E-state index contributed by atoms with van der Waals surface area (Å²) in [6, 6.07) is 17.8. The summed E-state index contributed by atoms with van der Waals surface area (Å²) in [5.74, 6) is -2.95. The van der Waals surface area contributed by atoms with Gasteiger partial charge in [0.05, 0.1) is 34.0 Å². The number of carbonyl (C=O) groups is 5. The van der Waals surface area contributed by atoms with Crippen molar-refractivity contribution in [1.29, 1.82) is 0 Å². The van der Waals surface area contributed by atoms with Crippen LogP contribution in [0.2, 0.25) is 5.02 Å². The highest BCUT2D eigenvalue weighted by molar-refractivity contribution is 6.35. The van der Waals surface area contributed by atoms with Crippen molar-refractivity contribution in [3.05, 3.63) is 111 Å². The number of aromatic carboxylic acids is 1. The van der Waals surface area contributed by atoms with Gasteiger partial charge in [-0.25, -0.2) is 9.18 Å². The number of likely N-dealkylation sites (tertiary alicyclic amines) is 1. The summed E-state index contributed by atoms with van der Waals surface area (Å²) in [6.45, 7) is 6.48. The van der Waals surface area contributed by atoms with Crippen LogP contribution in [-0.4, -0.2) is 97.2 Å². The maximum atomic E-state index is 13.9. The van der Waals surface area contributed by atoms with Gasteiger partial charge in [0.15, 0.2) is 0 Å². The molecule has 3 N–H and O–H groups in total. The van der Waals surface area contributed by atoms with Crippen LogP contribution in [0.25, 0.3) is 32.8 Å². The van der Waals surface area contributed by atoms with Gasteiger partial charge in [-0.3, -0.25) is 34.1 Å². The number of halogens is 2. The summed E-state index contributed by atoms with van der Waals surface area (Å²) in [4.78, 5) is 68.2. The summed E-state index contributed by atoms with van der Waals surface area (Å²) in [7, 11) is 1.87. The fourth-order valence-corrected chi connectivity index (χ4v) is 10.0. The molecule has 3 aliphatic rings. The van der Waals surface area contributed by atoms with Crippen molar-refractivity contribution in [2.75, 3.05) is 31.6 Å². The van der Waals surface area contributed by atoms with Crippen molar-refractivity contribution in [1.82, 2.24) is 29.5 Å². The molecule has 1 atom stereocenters. The first kappa shape index (κ1) is 42.7. The maximum absolute atomic E-state index is 13.9. The van der Waals surface area contributed by atoms with E-state index in [0.29, 0.717) is 80.5 Å². The maximum Gasteiger partial charge on any atom is 0.352 e. The number of hydrogen-bond donors (Lipinski definition) is 3. The lowest BCUT2D eigenvalue weighted by Gasteiger charge is -2.33. The summed E-state index contributed by atoms with van der Waals surface area (Å²) in [5, 5.41) is 24.2. The molecule has 4 aromatic carbocycles. The Kier molecular flexibility index (Phi) is 11.5. The van der Waals surface area contributed by atoms with E-state index in [1.54, 1.807) is 28.9 Å². The minimum atomic E-state index is -1.05. The highest BCUT2D eigenvalue weighted by atomic mass is 35.5. The Morgan fingerprint density at radius 1 is 0.938 bits per heavy atom. The van der Waals surface area contributed by atoms with Gasteiger partial charge >= 0.3 is 5.97 Å². The fraction of sp³-hybridized carbons (Fsp3) is 0.333. The molecule has 330 valence electrons. The average Bonchev–Trinajstić information content (AvgIpc) is 3.82. The number of carboxylic acids is 1. The topological polar surface area (TPSA) is 168 Å². The first-order chi connectivity index (χ1) is 30.8. The minimum Gasteiger partial charge on any atom is -0.493 e. The monoisotopic (exact) mass is 887 g/mol. The predicted octanol–water partition coefficient (Wildman–Crippen LogP) is 7.29. The standard InChI is InChI=1S/C48H47ClFN7O7/c1-26-40(27(2)54(3)53-26)42-35(49)15-14-33-32(9-6-24-64-38-11-4-7-28-25-29(50)12-13-31(28)38)44(48(62)63)56(43(33)42)23-22-55-20-18-30(19-21-55)51-36-10-5-8-34-41(36)47(61)57(46(34)60)37-16-17-39(58)52-45(37)59/h4-5,7-8,10-15,25,30,37,51H,6,9,16-24H2,1-3H3,(H,62,63)(H,52,58,59). The van der Waals surface area contributed by atoms with Crippen molar-refractivity contribution in [3.8, 4) is 16.9 Å². The van der Waals surface area contributed by atoms with Crippen molar-refractivity contribution >= 4 is 68.6 Å². The van der Waals surface area contributed by atoms with Gasteiger partial charge in [0.1, 0.15) is 23.3 Å². The molecule has 0 radical (unpaired) electrons. The molecule has 3 aliphatic heterocycles. The third-order valence-corrected chi connectivity index (χ3v) is 13.2. The molecule has 2 saturated heterocycles. The Morgan fingerprint density at radius 2 is 1.70 bits per heavy atom. The van der Waals surface area contributed by atoms with Crippen LogP contribution >= 0.6 is 11.6 Å². The lowest BCUT2D eigenvalue weighted by atomic mass is 9.98. The number of hydrogen-bond acceptors (Lipinski definition) is 9. The Morgan fingerprint density at radius 3 is 2.44 bits per heavy atom. The predicted molar refractivity (Wildman–Crippen MR) is 240 cm³/mol. The highest BCUT2D eigenvalue weighted by Gasteiger charge is 2.46. The van der Waals surface area contributed by atoms with E-state index in [9.17, 15) is 33.5 Å². The molecule has 0 aliphatic carbocycles. The number of benzene rings is 4. The number of amides is 4. The van der Waals surface area contributed by atoms with Crippen molar-refractivity contribution < 1.29 is 38.2 Å². The third kappa shape index (κ3) is 7.66. The summed E-state index contributed by atoms with van der Waals surface area (Å²) in [5.41, 5.74) is 5.84. The van der Waals surface area contributed by atoms with E-state index in [2.05, 4.69) is 20.6 Å². The molecular weight excluding hydrogens is 841 g/mol. The highest BCUT2D eigenvalue weighted by Crippen LogP contribution is 2.42. The molecule has 4 amide bonds. The molecular formula is C48H47ClFN7O7. The van der Waals surface area contributed by atoms with Crippen LogP contribution in [0.1, 0.15) is 80.3 Å². The first-order valence-electron chi connectivity index (χ1n) is 21.5. The second kappa shape index (κ2) is 17.2. The lowest BCUT2D eigenvalue weighted by Crippen LogP contribution is -2.54. The number of imide groups is 2. The van der Waals surface area contributed by atoms with Crippen molar-refractivity contribution in [2.24, 2.45) is 7.05 Å². The normalized spacial score (nSPS) is 17.1. The van der Waals surface area contributed by atoms with E-state index in [0.717, 1.165) is 49.1 Å². The van der Waals surface area contributed by atoms with Gasteiger partial charge in [-0.05, 0) is 99.4 Å². The second-order valence-electron chi connectivity index (χ2n) is 16.8. The second-order valence-corrected chi connectivity index (χ2v) is 17.2. The van der Waals surface area contributed by atoms with Gasteiger partial charge in [0.25, 0.3) is 11.8 Å². The fourth-order valence-electron chi connectivity index (χ4n) is 9.77. The number of aromatic nitrogens is 3. The van der Waals surface area contributed by atoms with E-state index >= 15 is 0 Å². The number of fused-ring (bicyclic) bond motifs is 3. The average molecular weight is 888 g/mol. The Labute approximate surface area is 372 Å². The van der Waals surface area contributed by atoms with Crippen LogP contribution in [-0.2, 0) is 29.6 Å². The number of carboxylic acid groups (broad SMARTS) is 1. The number of carbonyl (C=O) groups excluding carboxylic acids is 4. The molecule has 0 spiro atoms. The molecule has 16 heteroatoms. The van der Waals surface area contributed by atoms with E-state index in [1.165, 1.54) is 12.1 Å². The summed E-state index contributed by atoms with van der Waals surface area (Å²) in [6.07, 6.45) is 2.47. The van der Waals surface area contributed by atoms with Crippen molar-refractivity contribution in [3.63, 3.8) is 0 Å². The summed E-state index contributed by atoms with van der Waals surface area (Å²) >= 11 is 7.07. The van der Waals surface area contributed by atoms with Gasteiger partial charge in [0, 0.05) is 79.0 Å². The van der Waals surface area contributed by atoms with Gasteiger partial charge < -0.3 is 24.6 Å². The molecule has 2 fully saturated rings. The molecule has 9 rings (SSSR count). The van der Waals surface area contributed by atoms with E-state index in [-0.39, 0.29) is 41.5 Å². The number of nitrogens with one attached hydrogen (secondary N) is 2. The van der Waals surface area contributed by atoms with Crippen LogP contribution in [0.5, 0.6) is 5.75 Å². The molecule has 14 nitrogen and oxygen atoms in total. The number of piperidine rings is 2. The molecule has 2 aromatic heterocycles. The van der Waals surface area contributed by atoms with Crippen LogP contribution in [0.15, 0.2) is 66.7 Å². The number of nitrogens with zero attached hydrogens (tertiary/aromatic N) is 5. The summed E-state index contributed by atoms with van der Waals surface area (Å²) < 4.78 is 23.8. The number of rotatable bonds is 13. The smallest absolute Gasteiger partial charge is 0.352 e. The molecule has 0 saturated carbocycles. The van der Waals surface area contributed by atoms with E-state index in [4.69, 9.17) is 16.3 Å². The van der Waals surface area contributed by atoms with Crippen LogP contribution in [0, 0.1) is 19.7 Å². The van der Waals surface area contributed by atoms with Crippen molar-refractivity contribution in [2.45, 2.75) is 71.0 Å². The lowest BCUT2D eigenvalue weighted by molar-refractivity contribution is -0.136. The Hall–Kier alpha value is -6.58. The van der Waals surface area contributed by atoms with Gasteiger partial charge in [-0.2, -0.15) is 5.10 Å². The molecule has 0 bridgehead atoms. The zero-order valence-electron chi connectivity index (χ0n) is 35.7. The van der Waals surface area contributed by atoms with Crippen LogP contribution < -0.4 is 15.4 Å². The molecule has 5 heterocycles. The zero-order chi connectivity index (χ0) is 45.0. The van der Waals surface area contributed by atoms with Gasteiger partial charge in [0.2, 0.25) is 11.8 Å².